The van der Waals surface area contributed by atoms with Gasteiger partial charge in [-0.1, -0.05) is 60.7 Å². The molecular formula is C31H29N7. The molecule has 0 spiro atoms. The Morgan fingerprint density at radius 1 is 0.868 bits per heavy atom. The summed E-state index contributed by atoms with van der Waals surface area (Å²) in [5, 5.41) is 10.5. The summed E-state index contributed by atoms with van der Waals surface area (Å²) in [4.78, 5) is 15.8. The maximum Gasteiger partial charge on any atom is 0.164 e. The molecule has 188 valence electrons. The Hall–Kier alpha value is -4.49. The first kappa shape index (κ1) is 22.7. The Balaban J connectivity index is 1.21. The normalized spacial score (nSPS) is 14.8. The summed E-state index contributed by atoms with van der Waals surface area (Å²) in [6, 6.07) is 29.6. The molecule has 3 aromatic heterocycles. The molecule has 7 nitrogen and oxygen atoms in total. The maximum absolute atomic E-state index is 5.04. The van der Waals surface area contributed by atoms with Gasteiger partial charge in [0, 0.05) is 48.0 Å². The second-order valence-electron chi connectivity index (χ2n) is 9.99. The highest BCUT2D eigenvalue weighted by molar-refractivity contribution is 5.91. The van der Waals surface area contributed by atoms with Crippen molar-refractivity contribution < 1.29 is 0 Å². The van der Waals surface area contributed by atoms with Crippen LogP contribution in [0.15, 0.2) is 97.3 Å². The summed E-state index contributed by atoms with van der Waals surface area (Å²) in [5.41, 5.74) is 5.33. The Kier molecular flexibility index (Phi) is 5.83. The van der Waals surface area contributed by atoms with Gasteiger partial charge in [0.2, 0.25) is 0 Å². The number of nitrogens with zero attached hydrogens (tertiary/aromatic N) is 5. The number of anilines is 2. The third-order valence-corrected chi connectivity index (χ3v) is 7.45. The van der Waals surface area contributed by atoms with Crippen LogP contribution in [-0.2, 0) is 6.54 Å². The van der Waals surface area contributed by atoms with Crippen molar-refractivity contribution >= 4 is 33.4 Å². The summed E-state index contributed by atoms with van der Waals surface area (Å²) in [7, 11) is 0. The molecule has 3 aromatic carbocycles. The molecule has 0 atom stereocenters. The lowest BCUT2D eigenvalue weighted by atomic mass is 10.0. The first-order valence-electron chi connectivity index (χ1n) is 13.2. The van der Waals surface area contributed by atoms with Gasteiger partial charge >= 0.3 is 0 Å². The maximum atomic E-state index is 5.04. The second kappa shape index (κ2) is 9.76. The van der Waals surface area contributed by atoms with Crippen LogP contribution in [0.4, 0.5) is 11.5 Å². The number of fused-ring (bicyclic) bond motifs is 2. The molecule has 6 aromatic rings. The molecule has 0 saturated carbocycles. The zero-order valence-corrected chi connectivity index (χ0v) is 21.1. The Bertz CT molecular complexity index is 1680. The minimum absolute atomic E-state index is 0.308. The molecule has 1 aliphatic rings. The highest BCUT2D eigenvalue weighted by atomic mass is 15.3. The number of piperidine rings is 1. The van der Waals surface area contributed by atoms with Gasteiger partial charge in [0.1, 0.15) is 5.82 Å². The topological polar surface area (TPSA) is 74.7 Å². The van der Waals surface area contributed by atoms with Crippen molar-refractivity contribution in [2.75, 3.05) is 18.4 Å². The summed E-state index contributed by atoms with van der Waals surface area (Å²) in [5.74, 6) is 1.48. The van der Waals surface area contributed by atoms with Gasteiger partial charge in [-0.05, 0) is 42.7 Å². The first-order chi connectivity index (χ1) is 18.8. The molecule has 4 heterocycles. The van der Waals surface area contributed by atoms with E-state index in [-0.39, 0.29) is 0 Å². The number of hydrogen-bond acceptors (Lipinski definition) is 5. The van der Waals surface area contributed by atoms with E-state index in [4.69, 9.17) is 15.1 Å². The van der Waals surface area contributed by atoms with Crippen molar-refractivity contribution in [1.29, 1.82) is 0 Å². The lowest BCUT2D eigenvalue weighted by Crippen LogP contribution is -2.34. The number of benzene rings is 3. The minimum atomic E-state index is 0.308. The van der Waals surface area contributed by atoms with E-state index < -0.39 is 0 Å². The van der Waals surface area contributed by atoms with E-state index in [9.17, 15) is 0 Å². The van der Waals surface area contributed by atoms with Gasteiger partial charge in [-0.15, -0.1) is 0 Å². The Morgan fingerprint density at radius 3 is 2.47 bits per heavy atom. The monoisotopic (exact) mass is 499 g/mol. The van der Waals surface area contributed by atoms with Crippen molar-refractivity contribution in [2.45, 2.75) is 25.4 Å². The van der Waals surface area contributed by atoms with Crippen LogP contribution in [0.3, 0.4) is 0 Å². The summed E-state index contributed by atoms with van der Waals surface area (Å²) < 4.78 is 2.13. The largest absolute Gasteiger partial charge is 0.361 e. The molecule has 0 unspecified atom stereocenters. The molecule has 0 amide bonds. The Labute approximate surface area is 221 Å². The van der Waals surface area contributed by atoms with E-state index in [0.717, 1.165) is 71.5 Å². The van der Waals surface area contributed by atoms with Gasteiger partial charge in [-0.3, -0.25) is 4.90 Å². The third-order valence-electron chi connectivity index (χ3n) is 7.45. The van der Waals surface area contributed by atoms with Gasteiger partial charge in [-0.2, -0.15) is 5.10 Å². The van der Waals surface area contributed by atoms with E-state index in [2.05, 4.69) is 86.6 Å². The summed E-state index contributed by atoms with van der Waals surface area (Å²) in [6.45, 7) is 3.08. The minimum Gasteiger partial charge on any atom is -0.361 e. The number of aromatic nitrogens is 5. The predicted octanol–water partition coefficient (Wildman–Crippen LogP) is 6.56. The molecule has 0 aliphatic carbocycles. The molecule has 1 aliphatic heterocycles. The van der Waals surface area contributed by atoms with E-state index in [1.807, 2.05) is 30.6 Å². The van der Waals surface area contributed by atoms with Crippen LogP contribution >= 0.6 is 0 Å². The molecule has 2 N–H and O–H groups in total. The van der Waals surface area contributed by atoms with Crippen LogP contribution in [0.1, 0.15) is 24.4 Å². The van der Waals surface area contributed by atoms with Crippen LogP contribution in [0.2, 0.25) is 0 Å². The molecule has 38 heavy (non-hydrogen) atoms. The molecule has 7 heteroatoms. The quantitative estimate of drug-likeness (QED) is 0.272. The number of rotatable bonds is 6. The highest BCUT2D eigenvalue weighted by Gasteiger charge is 2.24. The van der Waals surface area contributed by atoms with Crippen molar-refractivity contribution in [1.82, 2.24) is 29.6 Å². The van der Waals surface area contributed by atoms with Gasteiger partial charge < -0.3 is 10.3 Å². The zero-order valence-electron chi connectivity index (χ0n) is 21.1. The summed E-state index contributed by atoms with van der Waals surface area (Å²) in [6.07, 6.45) is 5.96. The molecule has 7 rings (SSSR count). The van der Waals surface area contributed by atoms with Crippen LogP contribution in [0.5, 0.6) is 0 Å². The third kappa shape index (κ3) is 4.41. The molecule has 1 fully saturated rings. The highest BCUT2D eigenvalue weighted by Crippen LogP contribution is 2.32. The molecular weight excluding hydrogens is 470 g/mol. The first-order valence-corrected chi connectivity index (χ1v) is 13.2. The smallest absolute Gasteiger partial charge is 0.164 e. The van der Waals surface area contributed by atoms with Crippen molar-refractivity contribution in [2.24, 2.45) is 0 Å². The van der Waals surface area contributed by atoms with Gasteiger partial charge in [0.15, 0.2) is 11.5 Å². The summed E-state index contributed by atoms with van der Waals surface area (Å²) >= 11 is 0. The van der Waals surface area contributed by atoms with Crippen LogP contribution < -0.4 is 5.32 Å². The lowest BCUT2D eigenvalue weighted by molar-refractivity contribution is 0.175. The van der Waals surface area contributed by atoms with Crippen molar-refractivity contribution in [3.8, 4) is 11.4 Å². The standard InChI is InChI=1S/C31H29N7/c1-3-7-22(8-4-1)21-37-17-14-26(15-18-37)38-31-27(20-33-38)30(35-29(36-31)23-9-5-2-6-10-23)34-25-11-12-28-24(19-25)13-16-32-28/h1-13,16,19-20,26,32H,14-15,17-18,21H2,(H,34,35,36). The van der Waals surface area contributed by atoms with E-state index >= 15 is 0 Å². The average Bonchev–Trinajstić information content (AvgIpc) is 3.62. The zero-order chi connectivity index (χ0) is 25.3. The van der Waals surface area contributed by atoms with Crippen molar-refractivity contribution in [3.63, 3.8) is 0 Å². The van der Waals surface area contributed by atoms with Gasteiger partial charge in [0.05, 0.1) is 17.6 Å². The Morgan fingerprint density at radius 2 is 1.66 bits per heavy atom. The molecule has 1 saturated heterocycles. The molecule has 0 radical (unpaired) electrons. The number of nitrogens with one attached hydrogen (secondary N) is 2. The van der Waals surface area contributed by atoms with Gasteiger partial charge in [0.25, 0.3) is 0 Å². The second-order valence-corrected chi connectivity index (χ2v) is 9.99. The number of aromatic amines is 1. The van der Waals surface area contributed by atoms with Crippen molar-refractivity contribution in [3.05, 3.63) is 103 Å². The predicted molar refractivity (Wildman–Crippen MR) is 152 cm³/mol. The average molecular weight is 500 g/mol. The number of likely N-dealkylation sites (tertiary alicyclic amines) is 1. The molecule has 0 bridgehead atoms. The number of hydrogen-bond donors (Lipinski definition) is 2. The SMILES string of the molecule is c1ccc(CN2CCC(n3ncc4c(Nc5ccc6[nH]ccc6c5)nc(-c5ccccc5)nc43)CC2)cc1. The lowest BCUT2D eigenvalue weighted by Gasteiger charge is -2.32. The number of H-pyrrole nitrogens is 1. The fourth-order valence-corrected chi connectivity index (χ4v) is 5.44. The van der Waals surface area contributed by atoms with E-state index in [1.54, 1.807) is 0 Å². The van der Waals surface area contributed by atoms with Crippen LogP contribution in [0.25, 0.3) is 33.3 Å². The van der Waals surface area contributed by atoms with Crippen LogP contribution in [-0.4, -0.2) is 42.7 Å². The van der Waals surface area contributed by atoms with Crippen LogP contribution in [0, 0.1) is 0 Å². The fraction of sp³-hybridized carbons (Fsp3) is 0.194. The fourth-order valence-electron chi connectivity index (χ4n) is 5.44. The van der Waals surface area contributed by atoms with E-state index in [0.29, 0.717) is 11.9 Å². The van der Waals surface area contributed by atoms with E-state index in [1.165, 1.54) is 5.56 Å². The van der Waals surface area contributed by atoms with Gasteiger partial charge in [-0.25, -0.2) is 14.6 Å².